The maximum Gasteiger partial charge on any atom is 0.416 e. The zero-order chi connectivity index (χ0) is 17.7. The summed E-state index contributed by atoms with van der Waals surface area (Å²) in [6.45, 7) is 4.26. The van der Waals surface area contributed by atoms with Crippen LogP contribution in [0.3, 0.4) is 0 Å². The minimum atomic E-state index is -4.35. The van der Waals surface area contributed by atoms with E-state index in [0.717, 1.165) is 17.0 Å². The van der Waals surface area contributed by atoms with Crippen molar-refractivity contribution in [3.63, 3.8) is 0 Å². The molecular formula is C18H18F3NOS. The molecule has 0 atom stereocenters. The summed E-state index contributed by atoms with van der Waals surface area (Å²) in [5, 5.41) is 3.10. The third-order valence-electron chi connectivity index (χ3n) is 3.23. The fourth-order valence-electron chi connectivity index (χ4n) is 2.10. The quantitative estimate of drug-likeness (QED) is 0.755. The maximum atomic E-state index is 12.5. The fourth-order valence-corrected chi connectivity index (χ4v) is 3.05. The summed E-state index contributed by atoms with van der Waals surface area (Å²) in [5.74, 6) is -0.237. The van der Waals surface area contributed by atoms with Crippen molar-refractivity contribution in [1.82, 2.24) is 5.32 Å². The Kier molecular flexibility index (Phi) is 5.94. The molecule has 0 saturated heterocycles. The zero-order valence-corrected chi connectivity index (χ0v) is 14.2. The predicted molar refractivity (Wildman–Crippen MR) is 90.0 cm³/mol. The van der Waals surface area contributed by atoms with Crippen LogP contribution in [0.1, 0.15) is 35.3 Å². The zero-order valence-electron chi connectivity index (χ0n) is 13.4. The van der Waals surface area contributed by atoms with E-state index in [0.29, 0.717) is 16.4 Å². The smallest absolute Gasteiger partial charge is 0.348 e. The largest absolute Gasteiger partial charge is 0.416 e. The Bertz CT molecular complexity index is 696. The molecule has 0 radical (unpaired) electrons. The van der Waals surface area contributed by atoms with Gasteiger partial charge in [0, 0.05) is 16.7 Å². The van der Waals surface area contributed by atoms with E-state index >= 15 is 0 Å². The molecule has 6 heteroatoms. The second-order valence-corrected chi connectivity index (χ2v) is 7.16. The molecule has 0 saturated carbocycles. The van der Waals surface area contributed by atoms with Gasteiger partial charge in [-0.3, -0.25) is 4.79 Å². The first-order valence-electron chi connectivity index (χ1n) is 7.47. The Morgan fingerprint density at radius 3 is 2.29 bits per heavy atom. The number of amides is 1. The second-order valence-electron chi connectivity index (χ2n) is 5.54. The number of rotatable bonds is 5. The van der Waals surface area contributed by atoms with Gasteiger partial charge in [-0.1, -0.05) is 38.1 Å². The fraction of sp³-hybridized carbons (Fsp3) is 0.278. The van der Waals surface area contributed by atoms with E-state index in [1.54, 1.807) is 23.9 Å². The first-order valence-corrected chi connectivity index (χ1v) is 8.35. The van der Waals surface area contributed by atoms with E-state index in [4.69, 9.17) is 0 Å². The normalized spacial score (nSPS) is 11.6. The molecule has 0 unspecified atom stereocenters. The molecule has 2 aromatic rings. The number of hydrogen-bond acceptors (Lipinski definition) is 2. The summed E-state index contributed by atoms with van der Waals surface area (Å²) in [5.41, 5.74) is 0.490. The van der Waals surface area contributed by atoms with Crippen molar-refractivity contribution in [2.24, 2.45) is 0 Å². The van der Waals surface area contributed by atoms with Crippen molar-refractivity contribution in [2.75, 3.05) is 0 Å². The topological polar surface area (TPSA) is 29.1 Å². The molecule has 2 aromatic carbocycles. The highest BCUT2D eigenvalue weighted by atomic mass is 32.2. The summed E-state index contributed by atoms with van der Waals surface area (Å²) in [4.78, 5) is 13.2. The van der Waals surface area contributed by atoms with Crippen LogP contribution in [-0.2, 0) is 12.7 Å². The second kappa shape index (κ2) is 7.75. The van der Waals surface area contributed by atoms with Crippen molar-refractivity contribution >= 4 is 17.7 Å². The van der Waals surface area contributed by atoms with Gasteiger partial charge < -0.3 is 5.32 Å². The van der Waals surface area contributed by atoms with Gasteiger partial charge in [-0.15, -0.1) is 11.8 Å². The van der Waals surface area contributed by atoms with Gasteiger partial charge in [0.1, 0.15) is 0 Å². The highest BCUT2D eigenvalue weighted by Crippen LogP contribution is 2.29. The van der Waals surface area contributed by atoms with Crippen molar-refractivity contribution in [2.45, 2.75) is 36.7 Å². The van der Waals surface area contributed by atoms with Crippen LogP contribution in [0.4, 0.5) is 13.2 Å². The molecule has 0 fully saturated rings. The molecule has 0 aliphatic heterocycles. The molecule has 1 N–H and O–H groups in total. The van der Waals surface area contributed by atoms with Crippen LogP contribution in [0.25, 0.3) is 0 Å². The summed E-state index contributed by atoms with van der Waals surface area (Å²) < 4.78 is 37.6. The Morgan fingerprint density at radius 1 is 1.08 bits per heavy atom. The highest BCUT2D eigenvalue weighted by Gasteiger charge is 2.29. The molecule has 2 rings (SSSR count). The molecule has 24 heavy (non-hydrogen) atoms. The van der Waals surface area contributed by atoms with Gasteiger partial charge in [0.25, 0.3) is 5.91 Å². The van der Waals surface area contributed by atoms with Crippen molar-refractivity contribution in [3.05, 3.63) is 65.2 Å². The van der Waals surface area contributed by atoms with E-state index in [-0.39, 0.29) is 12.5 Å². The van der Waals surface area contributed by atoms with E-state index in [2.05, 4.69) is 5.32 Å². The molecule has 0 aliphatic rings. The summed E-state index contributed by atoms with van der Waals surface area (Å²) in [6, 6.07) is 12.1. The van der Waals surface area contributed by atoms with Crippen LogP contribution in [0.2, 0.25) is 0 Å². The lowest BCUT2D eigenvalue weighted by atomic mass is 10.1. The molecular weight excluding hydrogens is 335 g/mol. The van der Waals surface area contributed by atoms with Gasteiger partial charge in [-0.05, 0) is 29.8 Å². The van der Waals surface area contributed by atoms with E-state index in [1.165, 1.54) is 12.1 Å². The molecule has 0 bridgehead atoms. The molecule has 0 spiro atoms. The first-order chi connectivity index (χ1) is 11.3. The summed E-state index contributed by atoms with van der Waals surface area (Å²) in [6.07, 6.45) is -4.35. The van der Waals surface area contributed by atoms with Crippen LogP contribution < -0.4 is 5.32 Å². The number of nitrogens with one attached hydrogen (secondary N) is 1. The monoisotopic (exact) mass is 353 g/mol. The number of carbonyl (C=O) groups excluding carboxylic acids is 1. The lowest BCUT2D eigenvalue weighted by molar-refractivity contribution is -0.137. The summed E-state index contributed by atoms with van der Waals surface area (Å²) in [7, 11) is 0. The van der Waals surface area contributed by atoms with Gasteiger partial charge in [0.05, 0.1) is 11.1 Å². The maximum absolute atomic E-state index is 12.5. The van der Waals surface area contributed by atoms with Crippen molar-refractivity contribution < 1.29 is 18.0 Å². The third-order valence-corrected chi connectivity index (χ3v) is 4.31. The Hall–Kier alpha value is -1.95. The lowest BCUT2D eigenvalue weighted by Crippen LogP contribution is -2.23. The number of alkyl halides is 3. The van der Waals surface area contributed by atoms with Gasteiger partial charge in [0.15, 0.2) is 0 Å². The van der Waals surface area contributed by atoms with Crippen LogP contribution in [0.15, 0.2) is 53.4 Å². The number of carbonyl (C=O) groups is 1. The Morgan fingerprint density at radius 2 is 1.71 bits per heavy atom. The van der Waals surface area contributed by atoms with Gasteiger partial charge >= 0.3 is 6.18 Å². The van der Waals surface area contributed by atoms with Crippen LogP contribution >= 0.6 is 11.8 Å². The van der Waals surface area contributed by atoms with E-state index in [1.807, 2.05) is 26.0 Å². The number of thioether (sulfide) groups is 1. The molecule has 0 heterocycles. The minimum absolute atomic E-state index is 0.178. The van der Waals surface area contributed by atoms with Gasteiger partial charge in [0.2, 0.25) is 0 Å². The van der Waals surface area contributed by atoms with Crippen molar-refractivity contribution in [3.8, 4) is 0 Å². The average Bonchev–Trinajstić information content (AvgIpc) is 2.52. The molecule has 1 amide bonds. The van der Waals surface area contributed by atoms with E-state index < -0.39 is 11.7 Å². The van der Waals surface area contributed by atoms with Crippen LogP contribution in [0, 0.1) is 0 Å². The molecule has 2 nitrogen and oxygen atoms in total. The molecule has 128 valence electrons. The number of hydrogen-bond donors (Lipinski definition) is 1. The lowest BCUT2D eigenvalue weighted by Gasteiger charge is -2.12. The number of halogens is 3. The van der Waals surface area contributed by atoms with Gasteiger partial charge in [-0.25, -0.2) is 0 Å². The van der Waals surface area contributed by atoms with Gasteiger partial charge in [-0.2, -0.15) is 13.2 Å². The van der Waals surface area contributed by atoms with Crippen LogP contribution in [0.5, 0.6) is 0 Å². The highest BCUT2D eigenvalue weighted by molar-refractivity contribution is 8.00. The standard InChI is InChI=1S/C18H18F3NOS/c1-12(2)24-16-6-4-3-5-15(16)17(23)22-11-13-7-9-14(10-8-13)18(19,20)21/h3-10,12H,11H2,1-2H3,(H,22,23). The Balaban J connectivity index is 2.03. The third kappa shape index (κ3) is 5.03. The number of benzene rings is 2. The molecule has 0 aromatic heterocycles. The predicted octanol–water partition coefficient (Wildman–Crippen LogP) is 5.14. The Labute approximate surface area is 143 Å². The van der Waals surface area contributed by atoms with E-state index in [9.17, 15) is 18.0 Å². The SMILES string of the molecule is CC(C)Sc1ccccc1C(=O)NCc1ccc(C(F)(F)F)cc1. The minimum Gasteiger partial charge on any atom is -0.348 e. The van der Waals surface area contributed by atoms with Crippen LogP contribution in [-0.4, -0.2) is 11.2 Å². The first kappa shape index (κ1) is 18.4. The average molecular weight is 353 g/mol. The van der Waals surface area contributed by atoms with Crippen molar-refractivity contribution in [1.29, 1.82) is 0 Å². The summed E-state index contributed by atoms with van der Waals surface area (Å²) >= 11 is 1.59. The molecule has 0 aliphatic carbocycles.